The number of fused-ring (bicyclic) bond motifs is 4. The van der Waals surface area contributed by atoms with Crippen LogP contribution in [0.5, 0.6) is 0 Å². The Morgan fingerprint density at radius 1 is 1.15 bits per heavy atom. The average Bonchev–Trinajstić information content (AvgIpc) is 2.67. The van der Waals surface area contributed by atoms with Gasteiger partial charge in [0, 0.05) is 61.7 Å². The summed E-state index contributed by atoms with van der Waals surface area (Å²) in [7, 11) is 0. The van der Waals surface area contributed by atoms with Crippen LogP contribution in [0, 0.1) is 5.92 Å². The van der Waals surface area contributed by atoms with Crippen LogP contribution in [-0.2, 0) is 16.1 Å². The van der Waals surface area contributed by atoms with Crippen LogP contribution in [-0.4, -0.2) is 44.5 Å². The molecule has 7 heteroatoms. The van der Waals surface area contributed by atoms with Crippen molar-refractivity contribution in [1.82, 2.24) is 14.5 Å². The van der Waals surface area contributed by atoms with Crippen LogP contribution >= 0.6 is 0 Å². The molecule has 0 spiro atoms. The predicted molar refractivity (Wildman–Crippen MR) is 98.2 cm³/mol. The van der Waals surface area contributed by atoms with Gasteiger partial charge in [0.15, 0.2) is 0 Å². The van der Waals surface area contributed by atoms with E-state index in [1.165, 1.54) is 0 Å². The van der Waals surface area contributed by atoms with E-state index in [4.69, 9.17) is 5.11 Å². The molecule has 0 unspecified atom stereocenters. The standard InChI is InChI=1S/C20H21N3O4/c24-18(3-4-20(26)27)22-10-13-6-16(12-22)17-7-15(8-19(25)23(17)11-13)14-2-1-5-21-9-14/h1-2,5,7-9,13,16H,3-4,6,10-12H2,(H,26,27)/t13-,16+/m0/s1. The third-order valence-electron chi connectivity index (χ3n) is 5.46. The van der Waals surface area contributed by atoms with E-state index in [1.807, 2.05) is 22.8 Å². The molecular weight excluding hydrogens is 346 g/mol. The number of carboxylic acid groups (broad SMARTS) is 1. The van der Waals surface area contributed by atoms with Gasteiger partial charge >= 0.3 is 5.97 Å². The van der Waals surface area contributed by atoms with E-state index in [9.17, 15) is 14.4 Å². The van der Waals surface area contributed by atoms with Gasteiger partial charge < -0.3 is 14.6 Å². The maximum absolute atomic E-state index is 12.7. The van der Waals surface area contributed by atoms with Crippen molar-refractivity contribution in [2.24, 2.45) is 5.92 Å². The van der Waals surface area contributed by atoms with E-state index in [0.717, 1.165) is 23.2 Å². The highest BCUT2D eigenvalue weighted by atomic mass is 16.4. The number of carboxylic acids is 1. The smallest absolute Gasteiger partial charge is 0.303 e. The van der Waals surface area contributed by atoms with E-state index >= 15 is 0 Å². The molecule has 7 nitrogen and oxygen atoms in total. The molecule has 2 aliphatic heterocycles. The van der Waals surface area contributed by atoms with Gasteiger partial charge in [-0.2, -0.15) is 0 Å². The Balaban J connectivity index is 1.62. The first-order valence-corrected chi connectivity index (χ1v) is 9.16. The van der Waals surface area contributed by atoms with E-state index in [0.29, 0.717) is 19.6 Å². The molecule has 4 rings (SSSR count). The molecule has 4 heterocycles. The fourth-order valence-corrected chi connectivity index (χ4v) is 4.23. The number of likely N-dealkylation sites (tertiary alicyclic amines) is 1. The third kappa shape index (κ3) is 3.49. The minimum absolute atomic E-state index is 0.0216. The van der Waals surface area contributed by atoms with Gasteiger partial charge in [-0.1, -0.05) is 6.07 Å². The summed E-state index contributed by atoms with van der Waals surface area (Å²) in [6.07, 6.45) is 4.25. The fraction of sp³-hybridized carbons (Fsp3) is 0.400. The number of carbonyl (C=O) groups is 2. The number of amides is 1. The minimum atomic E-state index is -0.960. The van der Waals surface area contributed by atoms with Crippen LogP contribution in [0.4, 0.5) is 0 Å². The number of rotatable bonds is 4. The van der Waals surface area contributed by atoms with E-state index in [-0.39, 0.29) is 36.1 Å². The molecule has 0 aromatic carbocycles. The van der Waals surface area contributed by atoms with E-state index < -0.39 is 5.97 Å². The minimum Gasteiger partial charge on any atom is -0.481 e. The molecule has 1 N–H and O–H groups in total. The summed E-state index contributed by atoms with van der Waals surface area (Å²) in [5.41, 5.74) is 2.66. The first kappa shape index (κ1) is 17.5. The summed E-state index contributed by atoms with van der Waals surface area (Å²) in [6, 6.07) is 7.45. The first-order chi connectivity index (χ1) is 13.0. The highest BCUT2D eigenvalue weighted by molar-refractivity contribution is 5.81. The second-order valence-corrected chi connectivity index (χ2v) is 7.35. The molecule has 2 bridgehead atoms. The zero-order valence-corrected chi connectivity index (χ0v) is 14.9. The van der Waals surface area contributed by atoms with Crippen molar-refractivity contribution in [1.29, 1.82) is 0 Å². The van der Waals surface area contributed by atoms with Crippen LogP contribution in [0.3, 0.4) is 0 Å². The Morgan fingerprint density at radius 2 is 2.00 bits per heavy atom. The summed E-state index contributed by atoms with van der Waals surface area (Å²) >= 11 is 0. The van der Waals surface area contributed by atoms with Gasteiger partial charge in [-0.25, -0.2) is 0 Å². The average molecular weight is 367 g/mol. The lowest BCUT2D eigenvalue weighted by Gasteiger charge is -2.43. The van der Waals surface area contributed by atoms with Crippen LogP contribution in [0.1, 0.15) is 30.9 Å². The summed E-state index contributed by atoms with van der Waals surface area (Å²) in [5.74, 6) is -0.757. The molecule has 1 amide bonds. The highest BCUT2D eigenvalue weighted by Gasteiger charge is 2.36. The summed E-state index contributed by atoms with van der Waals surface area (Å²) in [6.45, 7) is 1.72. The summed E-state index contributed by atoms with van der Waals surface area (Å²) < 4.78 is 1.83. The largest absolute Gasteiger partial charge is 0.481 e. The molecule has 140 valence electrons. The molecule has 2 atom stereocenters. The predicted octanol–water partition coefficient (Wildman–Crippen LogP) is 1.72. The molecule has 27 heavy (non-hydrogen) atoms. The molecule has 0 saturated carbocycles. The second kappa shape index (κ2) is 6.98. The van der Waals surface area contributed by atoms with E-state index in [1.54, 1.807) is 23.4 Å². The molecular formula is C20H21N3O4. The van der Waals surface area contributed by atoms with Gasteiger partial charge in [-0.3, -0.25) is 19.4 Å². The molecule has 0 radical (unpaired) electrons. The summed E-state index contributed by atoms with van der Waals surface area (Å²) in [4.78, 5) is 41.7. The van der Waals surface area contributed by atoms with Crippen molar-refractivity contribution in [2.75, 3.05) is 13.1 Å². The third-order valence-corrected chi connectivity index (χ3v) is 5.46. The monoisotopic (exact) mass is 367 g/mol. The van der Waals surface area contributed by atoms with Gasteiger partial charge in [-0.15, -0.1) is 0 Å². The highest BCUT2D eigenvalue weighted by Crippen LogP contribution is 2.36. The Morgan fingerprint density at radius 3 is 2.74 bits per heavy atom. The number of aromatic nitrogens is 2. The van der Waals surface area contributed by atoms with Crippen molar-refractivity contribution >= 4 is 11.9 Å². The van der Waals surface area contributed by atoms with Crippen molar-refractivity contribution < 1.29 is 14.7 Å². The quantitative estimate of drug-likeness (QED) is 0.888. The topological polar surface area (TPSA) is 92.5 Å². The molecule has 1 saturated heterocycles. The zero-order valence-electron chi connectivity index (χ0n) is 14.9. The van der Waals surface area contributed by atoms with Crippen LogP contribution < -0.4 is 5.56 Å². The summed E-state index contributed by atoms with van der Waals surface area (Å²) in [5, 5.41) is 8.81. The maximum atomic E-state index is 12.7. The van der Waals surface area contributed by atoms with Crippen molar-refractivity contribution in [3.05, 3.63) is 52.7 Å². The number of nitrogens with zero attached hydrogens (tertiary/aromatic N) is 3. The Bertz CT molecular complexity index is 938. The van der Waals surface area contributed by atoms with Crippen LogP contribution in [0.25, 0.3) is 11.1 Å². The van der Waals surface area contributed by atoms with Gasteiger partial charge in [0.05, 0.1) is 6.42 Å². The number of hydrogen-bond donors (Lipinski definition) is 1. The number of aliphatic carboxylic acids is 1. The van der Waals surface area contributed by atoms with Gasteiger partial charge in [0.1, 0.15) is 0 Å². The lowest BCUT2D eigenvalue weighted by molar-refractivity contribution is -0.141. The number of piperidine rings is 1. The lowest BCUT2D eigenvalue weighted by Crippen LogP contribution is -2.49. The molecule has 1 fully saturated rings. The SMILES string of the molecule is O=C(O)CCC(=O)N1C[C@@H]2C[C@H](C1)c1cc(-c3cccnc3)cc(=O)n1C2. The zero-order chi connectivity index (χ0) is 19.0. The Hall–Kier alpha value is -2.96. The number of pyridine rings is 2. The fourth-order valence-electron chi connectivity index (χ4n) is 4.23. The van der Waals surface area contributed by atoms with E-state index in [2.05, 4.69) is 4.98 Å². The first-order valence-electron chi connectivity index (χ1n) is 9.16. The van der Waals surface area contributed by atoms with Gasteiger partial charge in [0.2, 0.25) is 5.91 Å². The van der Waals surface area contributed by atoms with Crippen molar-refractivity contribution in [3.63, 3.8) is 0 Å². The number of carbonyl (C=O) groups excluding carboxylic acids is 1. The molecule has 2 aliphatic rings. The van der Waals surface area contributed by atoms with Crippen molar-refractivity contribution in [3.8, 4) is 11.1 Å². The van der Waals surface area contributed by atoms with Crippen molar-refractivity contribution in [2.45, 2.75) is 31.7 Å². The number of hydrogen-bond acceptors (Lipinski definition) is 4. The van der Waals surface area contributed by atoms with Gasteiger partial charge in [0.25, 0.3) is 5.56 Å². The lowest BCUT2D eigenvalue weighted by atomic mass is 9.82. The van der Waals surface area contributed by atoms with Crippen LogP contribution in [0.15, 0.2) is 41.5 Å². The van der Waals surface area contributed by atoms with Gasteiger partial charge in [-0.05, 0) is 30.0 Å². The molecule has 2 aromatic rings. The maximum Gasteiger partial charge on any atom is 0.303 e. The Labute approximate surface area is 156 Å². The Kier molecular flexibility index (Phi) is 4.51. The molecule has 0 aliphatic carbocycles. The normalized spacial score (nSPS) is 20.8. The molecule has 2 aromatic heterocycles. The second-order valence-electron chi connectivity index (χ2n) is 7.35. The van der Waals surface area contributed by atoms with Crippen LogP contribution in [0.2, 0.25) is 0 Å².